The van der Waals surface area contributed by atoms with Crippen molar-refractivity contribution in [3.8, 4) is 0 Å². The first-order valence-electron chi connectivity index (χ1n) is 8.46. The quantitative estimate of drug-likeness (QED) is 0.711. The monoisotopic (exact) mass is 411 g/mol. The van der Waals surface area contributed by atoms with Crippen LogP contribution in [0.25, 0.3) is 5.65 Å². The zero-order chi connectivity index (χ0) is 18.3. The van der Waals surface area contributed by atoms with E-state index in [1.165, 1.54) is 46.0 Å². The number of nitrogens with zero attached hydrogens (tertiary/aromatic N) is 4. The Morgan fingerprint density at radius 1 is 1.23 bits per heavy atom. The second kappa shape index (κ2) is 6.79. The van der Waals surface area contributed by atoms with Gasteiger partial charge < -0.3 is 0 Å². The van der Waals surface area contributed by atoms with E-state index in [2.05, 4.69) is 19.8 Å². The molecule has 3 aromatic rings. The Morgan fingerprint density at radius 3 is 2.81 bits per heavy atom. The summed E-state index contributed by atoms with van der Waals surface area (Å²) in [6.45, 7) is 1.74. The minimum Gasteiger partial charge on any atom is -0.255 e. The number of hydrogen-bond donors (Lipinski definition) is 1. The number of nitrogens with one attached hydrogen (secondary N) is 1. The molecule has 0 spiro atoms. The molecule has 0 fully saturated rings. The van der Waals surface area contributed by atoms with Gasteiger partial charge in [0.15, 0.2) is 10.8 Å². The molecule has 0 radical (unpaired) electrons. The van der Waals surface area contributed by atoms with Gasteiger partial charge in [-0.3, -0.25) is 4.72 Å². The molecule has 3 heterocycles. The Kier molecular flexibility index (Phi) is 4.62. The molecule has 0 bridgehead atoms. The first-order chi connectivity index (χ1) is 12.4. The summed E-state index contributed by atoms with van der Waals surface area (Å²) in [4.78, 5) is 9.85. The van der Waals surface area contributed by atoms with Crippen LogP contribution in [0.5, 0.6) is 0 Å². The number of thiazole rings is 1. The topological polar surface area (TPSA) is 89.3 Å². The fourth-order valence-corrected chi connectivity index (χ4v) is 5.46. The van der Waals surface area contributed by atoms with Crippen molar-refractivity contribution in [3.05, 3.63) is 33.7 Å². The fourth-order valence-electron chi connectivity index (χ4n) is 3.06. The summed E-state index contributed by atoms with van der Waals surface area (Å²) in [5.41, 5.74) is 2.05. The summed E-state index contributed by atoms with van der Waals surface area (Å²) in [6, 6.07) is 0. The van der Waals surface area contributed by atoms with Crippen LogP contribution >= 0.6 is 22.9 Å². The van der Waals surface area contributed by atoms with E-state index < -0.39 is 10.0 Å². The van der Waals surface area contributed by atoms with E-state index in [4.69, 9.17) is 11.6 Å². The second-order valence-electron chi connectivity index (χ2n) is 6.37. The first-order valence-corrected chi connectivity index (χ1v) is 11.1. The van der Waals surface area contributed by atoms with E-state index in [0.29, 0.717) is 21.5 Å². The lowest BCUT2D eigenvalue weighted by atomic mass is 10.0. The van der Waals surface area contributed by atoms with E-state index in [1.54, 1.807) is 6.92 Å². The van der Waals surface area contributed by atoms with E-state index in [1.807, 2.05) is 0 Å². The van der Waals surface area contributed by atoms with Gasteiger partial charge in [-0.2, -0.15) is 5.10 Å². The average molecular weight is 412 g/mol. The predicted molar refractivity (Wildman–Crippen MR) is 102 cm³/mol. The molecule has 0 unspecified atom stereocenters. The normalized spacial score (nSPS) is 15.5. The molecule has 0 saturated carbocycles. The highest BCUT2D eigenvalue weighted by Crippen LogP contribution is 2.30. The number of anilines is 1. The van der Waals surface area contributed by atoms with Gasteiger partial charge in [-0.15, -0.1) is 11.3 Å². The van der Waals surface area contributed by atoms with E-state index in [-0.39, 0.29) is 4.90 Å². The largest absolute Gasteiger partial charge is 0.266 e. The molecule has 26 heavy (non-hydrogen) atoms. The smallest absolute Gasteiger partial charge is 0.255 e. The Bertz CT molecular complexity index is 1050. The molecule has 1 aliphatic rings. The van der Waals surface area contributed by atoms with Gasteiger partial charge >= 0.3 is 0 Å². The average Bonchev–Trinajstić information content (AvgIpc) is 3.07. The lowest BCUT2D eigenvalue weighted by Gasteiger charge is -2.06. The number of aromatic nitrogens is 4. The Morgan fingerprint density at radius 2 is 2.00 bits per heavy atom. The minimum atomic E-state index is -3.79. The Balaban J connectivity index is 1.64. The number of sulfonamides is 1. The van der Waals surface area contributed by atoms with Crippen molar-refractivity contribution in [2.45, 2.75) is 50.3 Å². The maximum atomic E-state index is 12.7. The standard InChI is InChI=1S/C16H18ClN5O2S2/c1-10-14(17)15-18-8-11(9-22(15)20-10)26(23,24)21-16-19-12-6-4-2-3-5-7-13(12)25-16/h8-9H,2-7H2,1H3,(H,19,21). The number of halogens is 1. The molecule has 0 aromatic carbocycles. The van der Waals surface area contributed by atoms with Crippen molar-refractivity contribution in [2.24, 2.45) is 0 Å². The molecular formula is C16H18ClN5O2S2. The molecule has 3 aromatic heterocycles. The third-order valence-electron chi connectivity index (χ3n) is 4.43. The van der Waals surface area contributed by atoms with Crippen LogP contribution in [0.1, 0.15) is 41.9 Å². The van der Waals surface area contributed by atoms with Crippen LogP contribution in [-0.2, 0) is 22.9 Å². The summed E-state index contributed by atoms with van der Waals surface area (Å²) in [5.74, 6) is 0. The van der Waals surface area contributed by atoms with Gasteiger partial charge in [0.1, 0.15) is 9.92 Å². The molecule has 0 atom stereocenters. The van der Waals surface area contributed by atoms with Gasteiger partial charge in [-0.25, -0.2) is 22.9 Å². The highest BCUT2D eigenvalue weighted by atomic mass is 35.5. The summed E-state index contributed by atoms with van der Waals surface area (Å²) >= 11 is 7.53. The van der Waals surface area contributed by atoms with Gasteiger partial charge in [0.2, 0.25) is 0 Å². The molecule has 1 N–H and O–H groups in total. The van der Waals surface area contributed by atoms with Gasteiger partial charge in [0.05, 0.1) is 23.8 Å². The summed E-state index contributed by atoms with van der Waals surface area (Å²) in [7, 11) is -3.79. The predicted octanol–water partition coefficient (Wildman–Crippen LogP) is 3.61. The summed E-state index contributed by atoms with van der Waals surface area (Å²) in [5, 5.41) is 5.01. The van der Waals surface area contributed by atoms with Crippen LogP contribution in [0.15, 0.2) is 17.3 Å². The van der Waals surface area contributed by atoms with Gasteiger partial charge in [0, 0.05) is 4.88 Å². The molecule has 4 rings (SSSR count). The van der Waals surface area contributed by atoms with Crippen molar-refractivity contribution < 1.29 is 8.42 Å². The Hall–Kier alpha value is -1.71. The zero-order valence-corrected chi connectivity index (χ0v) is 16.6. The molecule has 138 valence electrons. The second-order valence-corrected chi connectivity index (χ2v) is 9.51. The number of aryl methyl sites for hydroxylation is 3. The van der Waals surface area contributed by atoms with Gasteiger partial charge in [-0.05, 0) is 32.6 Å². The fraction of sp³-hybridized carbons (Fsp3) is 0.438. The highest BCUT2D eigenvalue weighted by molar-refractivity contribution is 7.93. The van der Waals surface area contributed by atoms with Crippen LogP contribution in [0.4, 0.5) is 5.13 Å². The third-order valence-corrected chi connectivity index (χ3v) is 7.37. The zero-order valence-electron chi connectivity index (χ0n) is 14.2. The maximum absolute atomic E-state index is 12.7. The number of hydrogen-bond acceptors (Lipinski definition) is 6. The highest BCUT2D eigenvalue weighted by Gasteiger charge is 2.21. The van der Waals surface area contributed by atoms with Crippen molar-refractivity contribution in [3.63, 3.8) is 0 Å². The van der Waals surface area contributed by atoms with Crippen molar-refractivity contribution in [1.29, 1.82) is 0 Å². The molecule has 7 nitrogen and oxygen atoms in total. The lowest BCUT2D eigenvalue weighted by molar-refractivity contribution is 0.599. The maximum Gasteiger partial charge on any atom is 0.266 e. The van der Waals surface area contributed by atoms with Crippen molar-refractivity contribution >= 4 is 43.7 Å². The molecule has 10 heteroatoms. The minimum absolute atomic E-state index is 0.0202. The molecule has 0 aliphatic heterocycles. The van der Waals surface area contributed by atoms with Crippen LogP contribution in [0.3, 0.4) is 0 Å². The molecule has 0 amide bonds. The summed E-state index contributed by atoms with van der Waals surface area (Å²) in [6.07, 6.45) is 9.22. The van der Waals surface area contributed by atoms with E-state index in [9.17, 15) is 8.42 Å². The Labute approximate surface area is 160 Å². The van der Waals surface area contributed by atoms with Crippen LogP contribution in [0, 0.1) is 6.92 Å². The van der Waals surface area contributed by atoms with Crippen LogP contribution in [-0.4, -0.2) is 28.0 Å². The van der Waals surface area contributed by atoms with Crippen molar-refractivity contribution in [2.75, 3.05) is 4.72 Å². The van der Waals surface area contributed by atoms with Gasteiger partial charge in [-0.1, -0.05) is 24.4 Å². The molecule has 1 aliphatic carbocycles. The van der Waals surface area contributed by atoms with E-state index in [0.717, 1.165) is 31.4 Å². The van der Waals surface area contributed by atoms with Crippen LogP contribution < -0.4 is 4.72 Å². The molecule has 0 saturated heterocycles. The number of fused-ring (bicyclic) bond motifs is 2. The number of rotatable bonds is 3. The third kappa shape index (κ3) is 3.30. The molecular weight excluding hydrogens is 394 g/mol. The first kappa shape index (κ1) is 17.7. The lowest BCUT2D eigenvalue weighted by Crippen LogP contribution is -2.14. The van der Waals surface area contributed by atoms with E-state index >= 15 is 0 Å². The van der Waals surface area contributed by atoms with Crippen LogP contribution in [0.2, 0.25) is 5.02 Å². The SMILES string of the molecule is Cc1nn2cc(S(=O)(=O)Nc3nc4c(s3)CCCCCC4)cnc2c1Cl. The van der Waals surface area contributed by atoms with Gasteiger partial charge in [0.25, 0.3) is 10.0 Å². The summed E-state index contributed by atoms with van der Waals surface area (Å²) < 4.78 is 29.4. The van der Waals surface area contributed by atoms with Crippen molar-refractivity contribution in [1.82, 2.24) is 19.6 Å².